The second kappa shape index (κ2) is 11.0. The fraction of sp³-hybridized carbons (Fsp3) is 0.562. The van der Waals surface area contributed by atoms with Crippen LogP contribution < -0.4 is 10.6 Å². The van der Waals surface area contributed by atoms with Gasteiger partial charge in [-0.15, -0.1) is 0 Å². The number of aliphatic imine (C=N–C) groups is 1. The Balaban J connectivity index is 2.42. The van der Waals surface area contributed by atoms with Crippen molar-refractivity contribution in [1.29, 1.82) is 0 Å². The summed E-state index contributed by atoms with van der Waals surface area (Å²) < 4.78 is 23.5. The molecule has 0 aliphatic rings. The number of ether oxygens (including phenoxy) is 2. The van der Waals surface area contributed by atoms with Crippen LogP contribution in [0.15, 0.2) is 23.2 Å². The molecule has 6 heteroatoms. The molecule has 1 rings (SSSR count). The van der Waals surface area contributed by atoms with Gasteiger partial charge in [0.1, 0.15) is 5.82 Å². The summed E-state index contributed by atoms with van der Waals surface area (Å²) in [6, 6.07) is 5.05. The standard InChI is InChI=1S/C16H26FN3O2/c1-4-18-16(19-7-8-22-10-9-21-3)20-12-14-5-6-15(17)13(2)11-14/h5-6,11H,4,7-10,12H2,1-3H3,(H2,18,19,20). The van der Waals surface area contributed by atoms with Gasteiger partial charge in [-0.05, 0) is 31.0 Å². The monoisotopic (exact) mass is 311 g/mol. The van der Waals surface area contributed by atoms with Gasteiger partial charge in [0.2, 0.25) is 0 Å². The molecular weight excluding hydrogens is 285 g/mol. The summed E-state index contributed by atoms with van der Waals surface area (Å²) in [6.45, 7) is 7.47. The highest BCUT2D eigenvalue weighted by atomic mass is 19.1. The van der Waals surface area contributed by atoms with E-state index in [2.05, 4.69) is 15.6 Å². The first-order valence-electron chi connectivity index (χ1n) is 7.51. The van der Waals surface area contributed by atoms with Gasteiger partial charge in [0, 0.05) is 20.2 Å². The van der Waals surface area contributed by atoms with Crippen molar-refractivity contribution in [3.05, 3.63) is 35.1 Å². The number of hydrogen-bond acceptors (Lipinski definition) is 3. The molecule has 0 unspecified atom stereocenters. The van der Waals surface area contributed by atoms with Crippen LogP contribution in [0.25, 0.3) is 0 Å². The van der Waals surface area contributed by atoms with Crippen LogP contribution in [0.1, 0.15) is 18.1 Å². The average molecular weight is 311 g/mol. The molecule has 0 aliphatic carbocycles. The second-order valence-corrected chi connectivity index (χ2v) is 4.81. The average Bonchev–Trinajstić information content (AvgIpc) is 2.51. The number of rotatable bonds is 9. The first kappa shape index (κ1) is 18.4. The van der Waals surface area contributed by atoms with Gasteiger partial charge in [0.25, 0.3) is 0 Å². The summed E-state index contributed by atoms with van der Waals surface area (Å²) in [6.07, 6.45) is 0. The number of guanidine groups is 1. The van der Waals surface area contributed by atoms with Crippen LogP contribution >= 0.6 is 0 Å². The normalized spacial score (nSPS) is 11.5. The van der Waals surface area contributed by atoms with Gasteiger partial charge in [-0.3, -0.25) is 0 Å². The third-order valence-electron chi connectivity index (χ3n) is 2.96. The highest BCUT2D eigenvalue weighted by Crippen LogP contribution is 2.09. The fourth-order valence-electron chi connectivity index (χ4n) is 1.80. The number of halogens is 1. The van der Waals surface area contributed by atoms with Crippen molar-refractivity contribution in [3.8, 4) is 0 Å². The molecule has 22 heavy (non-hydrogen) atoms. The van der Waals surface area contributed by atoms with E-state index in [1.807, 2.05) is 13.0 Å². The maximum Gasteiger partial charge on any atom is 0.191 e. The lowest BCUT2D eigenvalue weighted by molar-refractivity contribution is 0.0733. The molecule has 1 aromatic rings. The third-order valence-corrected chi connectivity index (χ3v) is 2.96. The summed E-state index contributed by atoms with van der Waals surface area (Å²) in [4.78, 5) is 4.48. The van der Waals surface area contributed by atoms with Gasteiger partial charge in [-0.25, -0.2) is 9.38 Å². The van der Waals surface area contributed by atoms with Crippen molar-refractivity contribution >= 4 is 5.96 Å². The Hall–Kier alpha value is -1.66. The largest absolute Gasteiger partial charge is 0.382 e. The summed E-state index contributed by atoms with van der Waals surface area (Å²) >= 11 is 0. The Morgan fingerprint density at radius 1 is 1.23 bits per heavy atom. The number of nitrogens with one attached hydrogen (secondary N) is 2. The molecule has 2 N–H and O–H groups in total. The van der Waals surface area contributed by atoms with Crippen molar-refractivity contribution in [2.45, 2.75) is 20.4 Å². The van der Waals surface area contributed by atoms with E-state index in [0.717, 1.165) is 18.1 Å². The molecule has 1 aromatic carbocycles. The minimum atomic E-state index is -0.189. The first-order valence-corrected chi connectivity index (χ1v) is 7.51. The summed E-state index contributed by atoms with van der Waals surface area (Å²) in [7, 11) is 1.65. The lowest BCUT2D eigenvalue weighted by Gasteiger charge is -2.11. The number of hydrogen-bond donors (Lipinski definition) is 2. The number of nitrogens with zero attached hydrogens (tertiary/aromatic N) is 1. The van der Waals surface area contributed by atoms with Crippen LogP contribution in [0, 0.1) is 12.7 Å². The van der Waals surface area contributed by atoms with E-state index in [9.17, 15) is 4.39 Å². The molecule has 0 aliphatic heterocycles. The molecule has 0 amide bonds. The topological polar surface area (TPSA) is 54.9 Å². The molecule has 0 saturated carbocycles. The third kappa shape index (κ3) is 7.38. The van der Waals surface area contributed by atoms with E-state index in [-0.39, 0.29) is 5.82 Å². The summed E-state index contributed by atoms with van der Waals surface area (Å²) in [5.41, 5.74) is 1.62. The smallest absolute Gasteiger partial charge is 0.191 e. The maximum atomic E-state index is 13.2. The van der Waals surface area contributed by atoms with Gasteiger partial charge in [-0.2, -0.15) is 0 Å². The molecule has 0 aromatic heterocycles. The molecule has 0 saturated heterocycles. The van der Waals surface area contributed by atoms with Crippen molar-refractivity contribution in [2.75, 3.05) is 40.0 Å². The Morgan fingerprint density at radius 2 is 2.05 bits per heavy atom. The molecule has 0 radical (unpaired) electrons. The lowest BCUT2D eigenvalue weighted by atomic mass is 10.1. The first-order chi connectivity index (χ1) is 10.7. The van der Waals surface area contributed by atoms with Gasteiger partial charge >= 0.3 is 0 Å². The predicted molar refractivity (Wildman–Crippen MR) is 86.7 cm³/mol. The van der Waals surface area contributed by atoms with Crippen LogP contribution in [0.3, 0.4) is 0 Å². The number of aryl methyl sites for hydroxylation is 1. The van der Waals surface area contributed by atoms with E-state index in [4.69, 9.17) is 9.47 Å². The van der Waals surface area contributed by atoms with E-state index in [0.29, 0.717) is 38.5 Å². The summed E-state index contributed by atoms with van der Waals surface area (Å²) in [5, 5.41) is 6.36. The van der Waals surface area contributed by atoms with E-state index in [1.165, 1.54) is 6.07 Å². The van der Waals surface area contributed by atoms with E-state index < -0.39 is 0 Å². The van der Waals surface area contributed by atoms with Crippen LogP contribution in [0.5, 0.6) is 0 Å². The minimum Gasteiger partial charge on any atom is -0.382 e. The molecule has 0 atom stereocenters. The van der Waals surface area contributed by atoms with Crippen LogP contribution in [0.4, 0.5) is 4.39 Å². The zero-order chi connectivity index (χ0) is 16.2. The number of benzene rings is 1. The second-order valence-electron chi connectivity index (χ2n) is 4.81. The molecular formula is C16H26FN3O2. The molecule has 124 valence electrons. The Bertz CT molecular complexity index is 467. The zero-order valence-electron chi connectivity index (χ0n) is 13.6. The van der Waals surface area contributed by atoms with E-state index in [1.54, 1.807) is 20.1 Å². The van der Waals surface area contributed by atoms with Crippen molar-refractivity contribution < 1.29 is 13.9 Å². The van der Waals surface area contributed by atoms with Crippen LogP contribution in [-0.2, 0) is 16.0 Å². The SMILES string of the molecule is CCNC(=NCc1ccc(F)c(C)c1)NCCOCCOC. The lowest BCUT2D eigenvalue weighted by Crippen LogP contribution is -2.39. The quantitative estimate of drug-likeness (QED) is 0.415. The minimum absolute atomic E-state index is 0.189. The molecule has 0 heterocycles. The van der Waals surface area contributed by atoms with Crippen molar-refractivity contribution in [2.24, 2.45) is 4.99 Å². The highest BCUT2D eigenvalue weighted by Gasteiger charge is 2.00. The Labute approximate surface area is 131 Å². The highest BCUT2D eigenvalue weighted by molar-refractivity contribution is 5.79. The predicted octanol–water partition coefficient (Wildman–Crippen LogP) is 1.85. The Morgan fingerprint density at radius 3 is 2.73 bits per heavy atom. The van der Waals surface area contributed by atoms with E-state index >= 15 is 0 Å². The van der Waals surface area contributed by atoms with Crippen molar-refractivity contribution in [1.82, 2.24) is 10.6 Å². The maximum absolute atomic E-state index is 13.2. The molecule has 0 spiro atoms. The molecule has 0 bridgehead atoms. The van der Waals surface area contributed by atoms with Gasteiger partial charge in [0.15, 0.2) is 5.96 Å². The van der Waals surface area contributed by atoms with Gasteiger partial charge in [-0.1, -0.05) is 12.1 Å². The fourth-order valence-corrected chi connectivity index (χ4v) is 1.80. The van der Waals surface area contributed by atoms with Gasteiger partial charge < -0.3 is 20.1 Å². The Kier molecular flexibility index (Phi) is 9.18. The molecule has 0 fully saturated rings. The van der Waals surface area contributed by atoms with Crippen LogP contribution in [-0.4, -0.2) is 46.0 Å². The summed E-state index contributed by atoms with van der Waals surface area (Å²) in [5.74, 6) is 0.533. The molecule has 5 nitrogen and oxygen atoms in total. The zero-order valence-corrected chi connectivity index (χ0v) is 13.6. The van der Waals surface area contributed by atoms with Crippen LogP contribution in [0.2, 0.25) is 0 Å². The van der Waals surface area contributed by atoms with Gasteiger partial charge in [0.05, 0.1) is 26.4 Å². The number of methoxy groups -OCH3 is 1. The van der Waals surface area contributed by atoms with Crippen molar-refractivity contribution in [3.63, 3.8) is 0 Å².